The van der Waals surface area contributed by atoms with Gasteiger partial charge in [0.15, 0.2) is 0 Å². The summed E-state index contributed by atoms with van der Waals surface area (Å²) >= 11 is 0. The molecule has 0 aliphatic carbocycles. The lowest BCUT2D eigenvalue weighted by molar-refractivity contribution is -0.0795. The van der Waals surface area contributed by atoms with Crippen LogP contribution >= 0.6 is 0 Å². The first kappa shape index (κ1) is 16.5. The van der Waals surface area contributed by atoms with Crippen LogP contribution in [-0.4, -0.2) is 34.6 Å². The topological polar surface area (TPSA) is 92.6 Å². The summed E-state index contributed by atoms with van der Waals surface area (Å²) in [6.07, 6.45) is 3.86. The second-order valence-corrected chi connectivity index (χ2v) is 5.79. The Labute approximate surface area is 135 Å². The fraction of sp³-hybridized carbons (Fsp3) is 0.353. The van der Waals surface area contributed by atoms with Crippen LogP contribution in [0.4, 0.5) is 0 Å². The number of benzene rings is 1. The first-order valence-electron chi connectivity index (χ1n) is 7.14. The number of hydrogen-bond acceptors (Lipinski definition) is 5. The zero-order chi connectivity index (χ0) is 17.0. The van der Waals surface area contributed by atoms with Crippen LogP contribution in [0.2, 0.25) is 0 Å². The first-order valence-corrected chi connectivity index (χ1v) is 7.14. The summed E-state index contributed by atoms with van der Waals surface area (Å²) in [5.41, 5.74) is 0.327. The molecule has 0 spiro atoms. The fourth-order valence-corrected chi connectivity index (χ4v) is 2.68. The van der Waals surface area contributed by atoms with Gasteiger partial charge in [-0.2, -0.15) is 15.5 Å². The van der Waals surface area contributed by atoms with E-state index in [1.807, 2.05) is 0 Å². The molecule has 1 aliphatic rings. The summed E-state index contributed by atoms with van der Waals surface area (Å²) in [7, 11) is 0. The smallest absolute Gasteiger partial charge is 0.207 e. The number of nitriles is 2. The van der Waals surface area contributed by atoms with Crippen LogP contribution in [0.1, 0.15) is 31.0 Å². The standard InChI is InChI=1S/C17H18N4O2/c1-4-7-21(11-20-10-19)15-13-8-12(9-18)5-6-14(13)23-17(2,3)16(15)22/h4-6,8,11,15-16,22H,1,7H2,2-3H3/t15-,16+/m1/s1. The number of aliphatic imine (C=N–C) groups is 1. The van der Waals surface area contributed by atoms with Gasteiger partial charge in [-0.3, -0.25) is 0 Å². The van der Waals surface area contributed by atoms with Gasteiger partial charge in [0.1, 0.15) is 23.8 Å². The maximum Gasteiger partial charge on any atom is 0.207 e. The van der Waals surface area contributed by atoms with Gasteiger partial charge in [0.05, 0.1) is 17.7 Å². The largest absolute Gasteiger partial charge is 0.485 e. The van der Waals surface area contributed by atoms with Crippen LogP contribution in [0.25, 0.3) is 0 Å². The SMILES string of the molecule is C=CCN(C=NC#N)[C@@H]1c2cc(C#N)ccc2OC(C)(C)[C@H]1O. The third kappa shape index (κ3) is 3.18. The Morgan fingerprint density at radius 1 is 1.48 bits per heavy atom. The van der Waals surface area contributed by atoms with E-state index in [1.165, 1.54) is 6.34 Å². The molecule has 1 aromatic carbocycles. The van der Waals surface area contributed by atoms with Gasteiger partial charge in [-0.1, -0.05) is 6.08 Å². The summed E-state index contributed by atoms with van der Waals surface area (Å²) in [5.74, 6) is 0.601. The zero-order valence-corrected chi connectivity index (χ0v) is 13.1. The summed E-state index contributed by atoms with van der Waals surface area (Å²) in [4.78, 5) is 5.32. The Bertz CT molecular complexity index is 712. The van der Waals surface area contributed by atoms with E-state index in [0.29, 0.717) is 23.4 Å². The lowest BCUT2D eigenvalue weighted by Gasteiger charge is -2.45. The van der Waals surface area contributed by atoms with E-state index < -0.39 is 17.7 Å². The number of fused-ring (bicyclic) bond motifs is 1. The predicted octanol–water partition coefficient (Wildman–Crippen LogP) is 2.13. The van der Waals surface area contributed by atoms with Crippen molar-refractivity contribution in [1.82, 2.24) is 4.90 Å². The van der Waals surface area contributed by atoms with Crippen LogP contribution in [0.15, 0.2) is 35.8 Å². The third-order valence-corrected chi connectivity index (χ3v) is 3.80. The number of ether oxygens (including phenoxy) is 1. The molecule has 0 unspecified atom stereocenters. The van der Waals surface area contributed by atoms with E-state index in [4.69, 9.17) is 15.3 Å². The Morgan fingerprint density at radius 2 is 2.22 bits per heavy atom. The molecular weight excluding hydrogens is 292 g/mol. The number of rotatable bonds is 4. The quantitative estimate of drug-likeness (QED) is 0.398. The molecular formula is C17H18N4O2. The molecule has 23 heavy (non-hydrogen) atoms. The molecule has 6 nitrogen and oxygen atoms in total. The summed E-state index contributed by atoms with van der Waals surface area (Å²) in [5, 5.41) is 28.6. The molecule has 6 heteroatoms. The van der Waals surface area contributed by atoms with Crippen LogP contribution in [-0.2, 0) is 0 Å². The molecule has 1 aromatic rings. The van der Waals surface area contributed by atoms with Crippen molar-refractivity contribution in [2.75, 3.05) is 6.54 Å². The summed E-state index contributed by atoms with van der Waals surface area (Å²) < 4.78 is 5.87. The Kier molecular flexibility index (Phi) is 4.68. The molecule has 0 amide bonds. The van der Waals surface area contributed by atoms with E-state index >= 15 is 0 Å². The highest BCUT2D eigenvalue weighted by Crippen LogP contribution is 2.42. The third-order valence-electron chi connectivity index (χ3n) is 3.80. The summed E-state index contributed by atoms with van der Waals surface area (Å²) in [6.45, 7) is 7.67. The molecule has 118 valence electrons. The van der Waals surface area contributed by atoms with Crippen molar-refractivity contribution in [2.45, 2.75) is 31.6 Å². The van der Waals surface area contributed by atoms with E-state index in [1.54, 1.807) is 49.2 Å². The van der Waals surface area contributed by atoms with E-state index in [0.717, 1.165) is 0 Å². The molecule has 1 N–H and O–H groups in total. The van der Waals surface area contributed by atoms with Crippen molar-refractivity contribution in [2.24, 2.45) is 4.99 Å². The van der Waals surface area contributed by atoms with Crippen molar-refractivity contribution >= 4 is 6.34 Å². The molecule has 0 radical (unpaired) electrons. The second kappa shape index (κ2) is 6.51. The van der Waals surface area contributed by atoms with Crippen molar-refractivity contribution in [3.05, 3.63) is 42.0 Å². The minimum absolute atomic E-state index is 0.388. The Hall–Kier alpha value is -2.83. The Balaban J connectivity index is 2.59. The van der Waals surface area contributed by atoms with E-state index in [-0.39, 0.29) is 0 Å². The normalized spacial score (nSPS) is 21.6. The molecule has 0 fully saturated rings. The van der Waals surface area contributed by atoms with Crippen molar-refractivity contribution < 1.29 is 9.84 Å². The van der Waals surface area contributed by atoms with Crippen molar-refractivity contribution in [3.63, 3.8) is 0 Å². The minimum atomic E-state index is -0.881. The van der Waals surface area contributed by atoms with Gasteiger partial charge in [-0.15, -0.1) is 6.58 Å². The van der Waals surface area contributed by atoms with Gasteiger partial charge >= 0.3 is 0 Å². The highest BCUT2D eigenvalue weighted by molar-refractivity contribution is 5.59. The highest BCUT2D eigenvalue weighted by Gasteiger charge is 2.45. The molecule has 2 atom stereocenters. The average Bonchev–Trinajstić information content (AvgIpc) is 2.52. The highest BCUT2D eigenvalue weighted by atomic mass is 16.5. The monoisotopic (exact) mass is 310 g/mol. The molecule has 1 aliphatic heterocycles. The van der Waals surface area contributed by atoms with Crippen LogP contribution in [0, 0.1) is 22.8 Å². The van der Waals surface area contributed by atoms with Crippen LogP contribution in [0.5, 0.6) is 5.75 Å². The molecule has 0 bridgehead atoms. The van der Waals surface area contributed by atoms with Crippen molar-refractivity contribution in [3.8, 4) is 18.0 Å². The molecule has 0 saturated heterocycles. The van der Waals surface area contributed by atoms with E-state index in [9.17, 15) is 5.11 Å². The predicted molar refractivity (Wildman–Crippen MR) is 85.6 cm³/mol. The van der Waals surface area contributed by atoms with Crippen molar-refractivity contribution in [1.29, 1.82) is 10.5 Å². The minimum Gasteiger partial charge on any atom is -0.485 e. The maximum absolute atomic E-state index is 10.8. The van der Waals surface area contributed by atoms with Crippen LogP contribution in [0.3, 0.4) is 0 Å². The van der Waals surface area contributed by atoms with Gasteiger partial charge in [0.2, 0.25) is 6.19 Å². The molecule has 0 aromatic heterocycles. The van der Waals surface area contributed by atoms with Gasteiger partial charge in [-0.05, 0) is 32.0 Å². The maximum atomic E-state index is 10.8. The van der Waals surface area contributed by atoms with Gasteiger partial charge in [0, 0.05) is 12.1 Å². The van der Waals surface area contributed by atoms with Gasteiger partial charge in [-0.25, -0.2) is 0 Å². The number of hydrogen-bond donors (Lipinski definition) is 1. The number of aliphatic hydroxyl groups is 1. The molecule has 1 heterocycles. The van der Waals surface area contributed by atoms with E-state index in [2.05, 4.69) is 17.6 Å². The number of aliphatic hydroxyl groups excluding tert-OH is 1. The average molecular weight is 310 g/mol. The second-order valence-electron chi connectivity index (χ2n) is 5.79. The van der Waals surface area contributed by atoms with Gasteiger partial charge in [0.25, 0.3) is 0 Å². The molecule has 0 saturated carbocycles. The van der Waals surface area contributed by atoms with Gasteiger partial charge < -0.3 is 14.7 Å². The lowest BCUT2D eigenvalue weighted by Crippen LogP contribution is -2.53. The first-order chi connectivity index (χ1) is 10.9. The number of nitrogens with zero attached hydrogens (tertiary/aromatic N) is 4. The lowest BCUT2D eigenvalue weighted by atomic mass is 9.85. The fourth-order valence-electron chi connectivity index (χ4n) is 2.68. The Morgan fingerprint density at radius 3 is 2.83 bits per heavy atom. The molecule has 2 rings (SSSR count). The summed E-state index contributed by atoms with van der Waals surface area (Å²) in [6, 6.07) is 6.67. The van der Waals surface area contributed by atoms with Crippen LogP contribution < -0.4 is 4.74 Å². The zero-order valence-electron chi connectivity index (χ0n) is 13.1.